The second kappa shape index (κ2) is 9.60. The van der Waals surface area contributed by atoms with Gasteiger partial charge in [-0.3, -0.25) is 9.69 Å². The number of hydrogen-bond donors (Lipinski definition) is 1. The Kier molecular flexibility index (Phi) is 6.39. The molecule has 1 saturated heterocycles. The molecule has 1 aromatic heterocycles. The van der Waals surface area contributed by atoms with Crippen molar-refractivity contribution in [2.45, 2.75) is 18.9 Å². The number of aryl methyl sites for hydroxylation is 1. The van der Waals surface area contributed by atoms with Gasteiger partial charge in [0.2, 0.25) is 0 Å². The number of amides is 1. The van der Waals surface area contributed by atoms with Crippen LogP contribution < -0.4 is 15.8 Å². The quantitative estimate of drug-likeness (QED) is 0.591. The summed E-state index contributed by atoms with van der Waals surface area (Å²) in [6.07, 6.45) is 2.23. The van der Waals surface area contributed by atoms with Crippen molar-refractivity contribution in [2.24, 2.45) is 0 Å². The topological polar surface area (TPSA) is 69.0 Å². The minimum atomic E-state index is -0.607. The summed E-state index contributed by atoms with van der Waals surface area (Å²) in [5.74, 6) is -0.392. The summed E-state index contributed by atoms with van der Waals surface area (Å²) in [6, 6.07) is 15.6. The fraction of sp³-hybridized carbons (Fsp3) is 0.407. The summed E-state index contributed by atoms with van der Waals surface area (Å²) in [4.78, 5) is 32.6. The average molecular weight is 461 g/mol. The van der Waals surface area contributed by atoms with Crippen molar-refractivity contribution in [3.63, 3.8) is 0 Å². The van der Waals surface area contributed by atoms with Crippen molar-refractivity contribution in [2.75, 3.05) is 58.3 Å². The summed E-state index contributed by atoms with van der Waals surface area (Å²) in [6.45, 7) is 5.37. The molecular formula is C27H32N4O3. The maximum atomic E-state index is 13.1. The van der Waals surface area contributed by atoms with Gasteiger partial charge in [0.15, 0.2) is 0 Å². The summed E-state index contributed by atoms with van der Waals surface area (Å²) < 4.78 is 5.37. The maximum Gasteiger partial charge on any atom is 0.349 e. The van der Waals surface area contributed by atoms with Crippen molar-refractivity contribution in [3.05, 3.63) is 75.6 Å². The molecule has 2 aromatic carbocycles. The molecule has 2 aliphatic heterocycles. The van der Waals surface area contributed by atoms with E-state index >= 15 is 0 Å². The van der Waals surface area contributed by atoms with Crippen LogP contribution in [0.5, 0.6) is 0 Å². The summed E-state index contributed by atoms with van der Waals surface area (Å²) >= 11 is 0. The second-order valence-corrected chi connectivity index (χ2v) is 9.46. The van der Waals surface area contributed by atoms with Gasteiger partial charge in [-0.1, -0.05) is 30.3 Å². The largest absolute Gasteiger partial charge is 0.422 e. The number of benzene rings is 2. The lowest BCUT2D eigenvalue weighted by Crippen LogP contribution is -2.48. The van der Waals surface area contributed by atoms with E-state index in [1.807, 2.05) is 18.2 Å². The van der Waals surface area contributed by atoms with Gasteiger partial charge < -0.3 is 19.5 Å². The Morgan fingerprint density at radius 1 is 1.03 bits per heavy atom. The van der Waals surface area contributed by atoms with E-state index in [1.54, 1.807) is 12.1 Å². The molecule has 0 radical (unpaired) electrons. The van der Waals surface area contributed by atoms with Crippen molar-refractivity contribution in [1.29, 1.82) is 0 Å². The molecule has 0 aliphatic carbocycles. The van der Waals surface area contributed by atoms with E-state index in [-0.39, 0.29) is 11.6 Å². The first-order valence-electron chi connectivity index (χ1n) is 12.1. The Morgan fingerprint density at radius 2 is 1.82 bits per heavy atom. The van der Waals surface area contributed by atoms with Crippen LogP contribution in [0.1, 0.15) is 33.9 Å². The highest BCUT2D eigenvalue weighted by Crippen LogP contribution is 2.31. The molecule has 0 spiro atoms. The van der Waals surface area contributed by atoms with E-state index in [0.29, 0.717) is 12.1 Å². The normalized spacial score (nSPS) is 18.0. The second-order valence-electron chi connectivity index (χ2n) is 9.46. The molecule has 3 heterocycles. The smallest absolute Gasteiger partial charge is 0.349 e. The van der Waals surface area contributed by atoms with Crippen LogP contribution in [0.4, 0.5) is 5.69 Å². The lowest BCUT2D eigenvalue weighted by molar-refractivity contribution is 0.0883. The molecule has 1 fully saturated rings. The number of rotatable bonds is 5. The molecule has 1 N–H and O–H groups in total. The third-order valence-corrected chi connectivity index (χ3v) is 7.16. The van der Waals surface area contributed by atoms with Gasteiger partial charge in [0, 0.05) is 57.4 Å². The van der Waals surface area contributed by atoms with Gasteiger partial charge in [0.1, 0.15) is 11.1 Å². The molecule has 0 bridgehead atoms. The number of nitrogens with zero attached hydrogens (tertiary/aromatic N) is 3. The molecule has 178 valence electrons. The van der Waals surface area contributed by atoms with E-state index in [4.69, 9.17) is 4.42 Å². The minimum absolute atomic E-state index is 0.0441. The van der Waals surface area contributed by atoms with E-state index in [0.717, 1.165) is 51.0 Å². The fourth-order valence-corrected chi connectivity index (χ4v) is 5.11. The van der Waals surface area contributed by atoms with Gasteiger partial charge in [0.25, 0.3) is 5.91 Å². The van der Waals surface area contributed by atoms with Gasteiger partial charge in [-0.25, -0.2) is 4.79 Å². The number of anilines is 1. The highest BCUT2D eigenvalue weighted by Gasteiger charge is 2.26. The van der Waals surface area contributed by atoms with Crippen molar-refractivity contribution < 1.29 is 9.21 Å². The standard InChI is InChI=1S/C27H32N4O3/c1-29-12-14-31(15-13-29)24(20-9-10-23-19(16-20)7-5-11-30(23)2)18-28-26(32)22-17-21-6-3-4-8-25(21)34-27(22)33/h3-4,6,8-10,16-17,24H,5,7,11-15,18H2,1-2H3,(H,28,32). The van der Waals surface area contributed by atoms with Crippen LogP contribution in [0.3, 0.4) is 0 Å². The summed E-state index contributed by atoms with van der Waals surface area (Å²) in [7, 11) is 4.28. The monoisotopic (exact) mass is 460 g/mol. The van der Waals surface area contributed by atoms with Crippen molar-refractivity contribution in [1.82, 2.24) is 15.1 Å². The molecule has 7 nitrogen and oxygen atoms in total. The molecule has 1 unspecified atom stereocenters. The molecule has 7 heteroatoms. The fourth-order valence-electron chi connectivity index (χ4n) is 5.11. The van der Waals surface area contributed by atoms with Crippen LogP contribution in [0, 0.1) is 0 Å². The maximum absolute atomic E-state index is 13.1. The Bertz CT molecular complexity index is 1250. The molecule has 2 aliphatic rings. The highest BCUT2D eigenvalue weighted by molar-refractivity contribution is 5.96. The predicted molar refractivity (Wildman–Crippen MR) is 135 cm³/mol. The Morgan fingerprint density at radius 3 is 2.65 bits per heavy atom. The first kappa shape index (κ1) is 22.6. The highest BCUT2D eigenvalue weighted by atomic mass is 16.4. The van der Waals surface area contributed by atoms with Crippen LogP contribution in [0.25, 0.3) is 11.0 Å². The lowest BCUT2D eigenvalue weighted by atomic mass is 9.95. The van der Waals surface area contributed by atoms with E-state index in [1.165, 1.54) is 16.8 Å². The molecular weight excluding hydrogens is 428 g/mol. The van der Waals surface area contributed by atoms with Crippen LogP contribution in [0.15, 0.2) is 57.7 Å². The molecule has 34 heavy (non-hydrogen) atoms. The third kappa shape index (κ3) is 4.58. The minimum Gasteiger partial charge on any atom is -0.422 e. The number of hydrogen-bond acceptors (Lipinski definition) is 6. The predicted octanol–water partition coefficient (Wildman–Crippen LogP) is 2.89. The van der Waals surface area contributed by atoms with Gasteiger partial charge in [0.05, 0.1) is 6.04 Å². The van der Waals surface area contributed by atoms with E-state index in [9.17, 15) is 9.59 Å². The number of fused-ring (bicyclic) bond motifs is 2. The number of para-hydroxylation sites is 1. The van der Waals surface area contributed by atoms with Crippen molar-refractivity contribution in [3.8, 4) is 0 Å². The summed E-state index contributed by atoms with van der Waals surface area (Å²) in [5, 5.41) is 3.77. The van der Waals surface area contributed by atoms with Gasteiger partial charge in [-0.15, -0.1) is 0 Å². The zero-order valence-corrected chi connectivity index (χ0v) is 19.9. The molecule has 0 saturated carbocycles. The van der Waals surface area contributed by atoms with Gasteiger partial charge in [-0.05, 0) is 49.2 Å². The lowest BCUT2D eigenvalue weighted by Gasteiger charge is -2.39. The zero-order valence-electron chi connectivity index (χ0n) is 19.9. The Balaban J connectivity index is 1.40. The number of carbonyl (C=O) groups is 1. The zero-order chi connectivity index (χ0) is 23.7. The first-order valence-corrected chi connectivity index (χ1v) is 12.1. The van der Waals surface area contributed by atoms with E-state index < -0.39 is 11.5 Å². The van der Waals surface area contributed by atoms with Crippen LogP contribution in [-0.4, -0.2) is 69.1 Å². The number of carbonyl (C=O) groups excluding carboxylic acids is 1. The Labute approximate surface area is 199 Å². The SMILES string of the molecule is CN1CCN(C(CNC(=O)c2cc3ccccc3oc2=O)c2ccc3c(c2)CCCN3C)CC1. The average Bonchev–Trinajstić information content (AvgIpc) is 2.84. The molecule has 3 aromatic rings. The van der Waals surface area contributed by atoms with Crippen LogP contribution >= 0.6 is 0 Å². The van der Waals surface area contributed by atoms with Crippen LogP contribution in [-0.2, 0) is 6.42 Å². The molecule has 1 amide bonds. The van der Waals surface area contributed by atoms with Crippen LogP contribution in [0.2, 0.25) is 0 Å². The van der Waals surface area contributed by atoms with E-state index in [2.05, 4.69) is 52.3 Å². The van der Waals surface area contributed by atoms with Crippen molar-refractivity contribution >= 4 is 22.6 Å². The Hall–Kier alpha value is -3.16. The summed E-state index contributed by atoms with van der Waals surface area (Å²) in [5.41, 5.74) is 3.80. The molecule has 1 atom stereocenters. The van der Waals surface area contributed by atoms with Gasteiger partial charge in [-0.2, -0.15) is 0 Å². The van der Waals surface area contributed by atoms with Gasteiger partial charge >= 0.3 is 5.63 Å². The first-order chi connectivity index (χ1) is 16.5. The number of nitrogens with one attached hydrogen (secondary N) is 1. The number of likely N-dealkylation sites (N-methyl/N-ethyl adjacent to an activating group) is 1. The number of piperazine rings is 1. The third-order valence-electron chi connectivity index (χ3n) is 7.16. The molecule has 5 rings (SSSR count).